The first-order chi connectivity index (χ1) is 15.0. The maximum atomic E-state index is 12.9. The number of rotatable bonds is 6. The molecule has 0 radical (unpaired) electrons. The van der Waals surface area contributed by atoms with Crippen molar-refractivity contribution >= 4 is 16.1 Å². The molecule has 1 aromatic rings. The van der Waals surface area contributed by atoms with Crippen molar-refractivity contribution < 1.29 is 22.7 Å². The molecule has 1 N–H and O–H groups in total. The number of carbonyl (C=O) groups excluding carboxylic acids is 1. The highest BCUT2D eigenvalue weighted by molar-refractivity contribution is 7.88. The first-order valence-corrected chi connectivity index (χ1v) is 13.5. The van der Waals surface area contributed by atoms with Crippen molar-refractivity contribution in [1.82, 2.24) is 9.62 Å². The van der Waals surface area contributed by atoms with E-state index in [2.05, 4.69) is 29.0 Å². The molecule has 7 nitrogen and oxygen atoms in total. The Hall–Kier alpha value is -1.64. The molecule has 0 spiro atoms. The van der Waals surface area contributed by atoms with Crippen molar-refractivity contribution in [2.24, 2.45) is 0 Å². The van der Waals surface area contributed by atoms with Gasteiger partial charge >= 0.3 is 6.09 Å². The predicted octanol–water partition coefficient (Wildman–Crippen LogP) is 4.05. The number of sulfonamides is 1. The minimum absolute atomic E-state index is 0.122. The van der Waals surface area contributed by atoms with Gasteiger partial charge in [-0.2, -0.15) is 0 Å². The van der Waals surface area contributed by atoms with Crippen molar-refractivity contribution in [3.05, 3.63) is 35.9 Å². The van der Waals surface area contributed by atoms with Crippen LogP contribution in [0.3, 0.4) is 0 Å². The molecule has 2 atom stereocenters. The molecule has 1 aliphatic carbocycles. The standard InChI is InChI=1S/C24H38N2O5S/c1-24(2,3)31-23(27)26-16-8-11-21(25-32(4,28)29)22(26)17-30-20-14-12-19(13-15-20)18-9-6-5-7-10-18/h5-7,9-10,19-22,25H,8,11-17H2,1-4H3/t19?,20?,21-,22-/m0/s1. The summed E-state index contributed by atoms with van der Waals surface area (Å²) < 4.78 is 38.5. The largest absolute Gasteiger partial charge is 0.444 e. The summed E-state index contributed by atoms with van der Waals surface area (Å²) in [7, 11) is -3.41. The van der Waals surface area contributed by atoms with Crippen molar-refractivity contribution in [1.29, 1.82) is 0 Å². The van der Waals surface area contributed by atoms with Gasteiger partial charge in [0.2, 0.25) is 10.0 Å². The maximum absolute atomic E-state index is 12.9. The van der Waals surface area contributed by atoms with Crippen molar-refractivity contribution in [3.8, 4) is 0 Å². The van der Waals surface area contributed by atoms with Crippen LogP contribution in [0.4, 0.5) is 4.79 Å². The SMILES string of the molecule is CC(C)(C)OC(=O)N1CCC[C@H](NS(C)(=O)=O)[C@@H]1COC1CCC(c2ccccc2)CC1. The molecule has 0 aromatic heterocycles. The average molecular weight is 467 g/mol. The van der Waals surface area contributed by atoms with Crippen LogP contribution in [0.5, 0.6) is 0 Å². The third-order valence-electron chi connectivity index (χ3n) is 6.22. The summed E-state index contributed by atoms with van der Waals surface area (Å²) in [4.78, 5) is 14.5. The molecule has 8 heteroatoms. The topological polar surface area (TPSA) is 84.9 Å². The maximum Gasteiger partial charge on any atom is 0.410 e. The van der Waals surface area contributed by atoms with E-state index < -0.39 is 21.7 Å². The van der Waals surface area contributed by atoms with Gasteiger partial charge in [-0.3, -0.25) is 0 Å². The van der Waals surface area contributed by atoms with Gasteiger partial charge in [-0.15, -0.1) is 0 Å². The number of nitrogens with one attached hydrogen (secondary N) is 1. The summed E-state index contributed by atoms with van der Waals surface area (Å²) in [5.74, 6) is 0.559. The Kier molecular flexibility index (Phi) is 8.22. The number of amides is 1. The van der Waals surface area contributed by atoms with Crippen LogP contribution in [0.2, 0.25) is 0 Å². The molecule has 32 heavy (non-hydrogen) atoms. The van der Waals surface area contributed by atoms with Crippen LogP contribution < -0.4 is 4.72 Å². The first-order valence-electron chi connectivity index (χ1n) is 11.7. The van der Waals surface area contributed by atoms with Crippen LogP contribution in [0, 0.1) is 0 Å². The molecule has 1 saturated heterocycles. The Balaban J connectivity index is 1.63. The molecule has 1 heterocycles. The van der Waals surface area contributed by atoms with E-state index in [1.165, 1.54) is 5.56 Å². The predicted molar refractivity (Wildman–Crippen MR) is 125 cm³/mol. The second-order valence-electron chi connectivity index (χ2n) is 10.1. The highest BCUT2D eigenvalue weighted by Crippen LogP contribution is 2.34. The van der Waals surface area contributed by atoms with Gasteiger partial charge < -0.3 is 14.4 Å². The van der Waals surface area contributed by atoms with Crippen LogP contribution in [-0.4, -0.2) is 62.6 Å². The lowest BCUT2D eigenvalue weighted by Gasteiger charge is -2.42. The molecule has 1 amide bonds. The van der Waals surface area contributed by atoms with E-state index in [0.29, 0.717) is 31.9 Å². The zero-order valence-corrected chi connectivity index (χ0v) is 20.6. The number of hydrogen-bond acceptors (Lipinski definition) is 5. The molecular formula is C24H38N2O5S. The van der Waals surface area contributed by atoms with Gasteiger partial charge in [-0.25, -0.2) is 17.9 Å². The lowest BCUT2D eigenvalue weighted by atomic mass is 9.83. The van der Waals surface area contributed by atoms with Crippen LogP contribution in [0.25, 0.3) is 0 Å². The van der Waals surface area contributed by atoms with E-state index >= 15 is 0 Å². The van der Waals surface area contributed by atoms with E-state index in [9.17, 15) is 13.2 Å². The van der Waals surface area contributed by atoms with Crippen molar-refractivity contribution in [3.63, 3.8) is 0 Å². The molecular weight excluding hydrogens is 428 g/mol. The second-order valence-corrected chi connectivity index (χ2v) is 11.9. The van der Waals surface area contributed by atoms with Crippen molar-refractivity contribution in [2.45, 2.75) is 89.0 Å². The molecule has 1 saturated carbocycles. The van der Waals surface area contributed by atoms with Gasteiger partial charge in [0.25, 0.3) is 0 Å². The van der Waals surface area contributed by atoms with Crippen LogP contribution in [0.15, 0.2) is 30.3 Å². The summed E-state index contributed by atoms with van der Waals surface area (Å²) in [5.41, 5.74) is 0.766. The van der Waals surface area contributed by atoms with E-state index in [0.717, 1.165) is 31.9 Å². The van der Waals surface area contributed by atoms with Gasteiger partial charge in [0.1, 0.15) is 5.60 Å². The smallest absolute Gasteiger partial charge is 0.410 e. The Morgan fingerprint density at radius 2 is 1.75 bits per heavy atom. The Labute approximate surface area is 192 Å². The fraction of sp³-hybridized carbons (Fsp3) is 0.708. The van der Waals surface area contributed by atoms with E-state index in [-0.39, 0.29) is 18.2 Å². The Morgan fingerprint density at radius 1 is 1.09 bits per heavy atom. The van der Waals surface area contributed by atoms with Crippen LogP contribution in [0.1, 0.15) is 70.8 Å². The highest BCUT2D eigenvalue weighted by atomic mass is 32.2. The molecule has 0 bridgehead atoms. The fourth-order valence-corrected chi connectivity index (χ4v) is 5.57. The van der Waals surface area contributed by atoms with E-state index in [4.69, 9.17) is 9.47 Å². The van der Waals surface area contributed by atoms with E-state index in [1.54, 1.807) is 4.90 Å². The summed E-state index contributed by atoms with van der Waals surface area (Å²) in [6, 6.07) is 9.82. The monoisotopic (exact) mass is 466 g/mol. The van der Waals surface area contributed by atoms with E-state index in [1.807, 2.05) is 26.8 Å². The summed E-state index contributed by atoms with van der Waals surface area (Å²) in [6.45, 7) is 6.33. The quantitative estimate of drug-likeness (QED) is 0.684. The molecule has 3 rings (SSSR count). The van der Waals surface area contributed by atoms with Gasteiger partial charge in [0, 0.05) is 12.6 Å². The number of carbonyl (C=O) groups is 1. The normalized spacial score (nSPS) is 27.2. The minimum atomic E-state index is -3.41. The van der Waals surface area contributed by atoms with Crippen LogP contribution in [-0.2, 0) is 19.5 Å². The third kappa shape index (κ3) is 7.46. The third-order valence-corrected chi connectivity index (χ3v) is 6.95. The summed E-state index contributed by atoms with van der Waals surface area (Å²) in [5, 5.41) is 0. The van der Waals surface area contributed by atoms with Gasteiger partial charge in [-0.1, -0.05) is 30.3 Å². The average Bonchev–Trinajstić information content (AvgIpc) is 2.71. The molecule has 180 valence electrons. The molecule has 2 fully saturated rings. The van der Waals surface area contributed by atoms with Gasteiger partial charge in [-0.05, 0) is 70.8 Å². The minimum Gasteiger partial charge on any atom is -0.444 e. The van der Waals surface area contributed by atoms with Gasteiger partial charge in [0.15, 0.2) is 0 Å². The number of ether oxygens (including phenoxy) is 2. The second kappa shape index (κ2) is 10.5. The number of likely N-dealkylation sites (tertiary alicyclic amines) is 1. The molecule has 2 aliphatic rings. The zero-order chi connectivity index (χ0) is 23.4. The summed E-state index contributed by atoms with van der Waals surface area (Å²) in [6.07, 6.45) is 6.30. The Bertz CT molecular complexity index is 845. The lowest BCUT2D eigenvalue weighted by molar-refractivity contribution is -0.0390. The van der Waals surface area contributed by atoms with Crippen molar-refractivity contribution in [2.75, 3.05) is 19.4 Å². The molecule has 1 aromatic carbocycles. The van der Waals surface area contributed by atoms with Gasteiger partial charge in [0.05, 0.1) is 25.0 Å². The summed E-state index contributed by atoms with van der Waals surface area (Å²) >= 11 is 0. The Morgan fingerprint density at radius 3 is 2.34 bits per heavy atom. The molecule has 0 unspecified atom stereocenters. The number of hydrogen-bond donors (Lipinski definition) is 1. The number of piperidine rings is 1. The zero-order valence-electron chi connectivity index (χ0n) is 19.7. The highest BCUT2D eigenvalue weighted by Gasteiger charge is 2.38. The molecule has 1 aliphatic heterocycles. The number of nitrogens with zero attached hydrogens (tertiary/aromatic N) is 1. The number of benzene rings is 1. The fourth-order valence-electron chi connectivity index (χ4n) is 4.75. The first kappa shape index (κ1) is 25.0. The lowest BCUT2D eigenvalue weighted by Crippen LogP contribution is -2.59. The van der Waals surface area contributed by atoms with Crippen LogP contribution >= 0.6 is 0 Å².